The van der Waals surface area contributed by atoms with Gasteiger partial charge in [-0.1, -0.05) is 36.4 Å². The minimum Gasteiger partial charge on any atom is -0.481 e. The van der Waals surface area contributed by atoms with Crippen molar-refractivity contribution in [3.63, 3.8) is 0 Å². The van der Waals surface area contributed by atoms with Gasteiger partial charge in [-0.15, -0.1) is 11.3 Å². The molecule has 0 aliphatic heterocycles. The average molecular weight is 433 g/mol. The molecule has 2 heterocycles. The van der Waals surface area contributed by atoms with E-state index in [0.29, 0.717) is 12.2 Å². The summed E-state index contributed by atoms with van der Waals surface area (Å²) in [4.78, 5) is 31.6. The van der Waals surface area contributed by atoms with Gasteiger partial charge < -0.3 is 15.7 Å². The summed E-state index contributed by atoms with van der Waals surface area (Å²) in [5.41, 5.74) is 6.03. The van der Waals surface area contributed by atoms with Gasteiger partial charge in [0, 0.05) is 28.7 Å². The molecule has 4 rings (SSSR count). The average Bonchev–Trinajstić information content (AvgIpc) is 3.19. The van der Waals surface area contributed by atoms with Crippen LogP contribution < -0.4 is 10.6 Å². The number of rotatable bonds is 6. The lowest BCUT2D eigenvalue weighted by molar-refractivity contribution is -0.136. The third kappa shape index (κ3) is 4.54. The molecule has 0 saturated carbocycles. The van der Waals surface area contributed by atoms with Crippen molar-refractivity contribution in [2.24, 2.45) is 0 Å². The van der Waals surface area contributed by atoms with Gasteiger partial charge in [0.1, 0.15) is 6.33 Å². The summed E-state index contributed by atoms with van der Waals surface area (Å²) in [6.45, 7) is 2.43. The van der Waals surface area contributed by atoms with E-state index in [2.05, 4.69) is 20.6 Å². The maximum atomic E-state index is 11.7. The summed E-state index contributed by atoms with van der Waals surface area (Å²) in [6.07, 6.45) is 1.55. The number of benzene rings is 2. The zero-order valence-electron chi connectivity index (χ0n) is 16.8. The summed E-state index contributed by atoms with van der Waals surface area (Å²) in [7, 11) is 0. The molecule has 0 aliphatic rings. The zero-order valence-corrected chi connectivity index (χ0v) is 17.6. The van der Waals surface area contributed by atoms with E-state index in [1.54, 1.807) is 17.7 Å². The fourth-order valence-electron chi connectivity index (χ4n) is 3.29. The normalized spacial score (nSPS) is 10.7. The molecule has 31 heavy (non-hydrogen) atoms. The van der Waals surface area contributed by atoms with E-state index in [-0.39, 0.29) is 12.5 Å². The summed E-state index contributed by atoms with van der Waals surface area (Å²) in [5, 5.41) is 16.5. The van der Waals surface area contributed by atoms with Gasteiger partial charge >= 0.3 is 12.0 Å². The maximum absolute atomic E-state index is 11.7. The predicted octanol–water partition coefficient (Wildman–Crippen LogP) is 4.79. The van der Waals surface area contributed by atoms with Crippen molar-refractivity contribution in [3.05, 3.63) is 65.8 Å². The fourth-order valence-corrected chi connectivity index (χ4v) is 4.33. The second-order valence-electron chi connectivity index (χ2n) is 6.88. The number of thiophene rings is 1. The molecule has 0 spiro atoms. The Labute approximate surface area is 182 Å². The van der Waals surface area contributed by atoms with E-state index in [9.17, 15) is 9.59 Å². The SMILES string of the molecule is CCNC(=O)Nc1ccc(-c2ncnc3c(-c4ccc(CC(=O)O)cc4)csc23)cc1. The van der Waals surface area contributed by atoms with Gasteiger partial charge in [-0.2, -0.15) is 0 Å². The molecule has 2 amide bonds. The first kappa shape index (κ1) is 20.5. The second-order valence-corrected chi connectivity index (χ2v) is 7.76. The largest absolute Gasteiger partial charge is 0.481 e. The summed E-state index contributed by atoms with van der Waals surface area (Å²) >= 11 is 1.57. The van der Waals surface area contributed by atoms with E-state index in [1.165, 1.54) is 0 Å². The molecule has 0 atom stereocenters. The minimum absolute atomic E-state index is 0.00192. The Kier molecular flexibility index (Phi) is 5.90. The first-order chi connectivity index (χ1) is 15.0. The molecule has 8 heteroatoms. The molecule has 0 fully saturated rings. The monoisotopic (exact) mass is 432 g/mol. The minimum atomic E-state index is -0.849. The van der Waals surface area contributed by atoms with Crippen LogP contribution in [-0.2, 0) is 11.2 Å². The third-order valence-electron chi connectivity index (χ3n) is 4.73. The van der Waals surface area contributed by atoms with Crippen molar-refractivity contribution < 1.29 is 14.7 Å². The van der Waals surface area contributed by atoms with E-state index >= 15 is 0 Å². The first-order valence-corrected chi connectivity index (χ1v) is 10.6. The third-order valence-corrected chi connectivity index (χ3v) is 5.70. The number of anilines is 1. The van der Waals surface area contributed by atoms with Gasteiger partial charge in [-0.3, -0.25) is 4.79 Å². The van der Waals surface area contributed by atoms with Crippen LogP contribution in [0.2, 0.25) is 0 Å². The van der Waals surface area contributed by atoms with E-state index in [0.717, 1.165) is 38.2 Å². The zero-order chi connectivity index (χ0) is 21.8. The lowest BCUT2D eigenvalue weighted by atomic mass is 10.0. The van der Waals surface area contributed by atoms with Crippen molar-refractivity contribution in [2.75, 3.05) is 11.9 Å². The number of amides is 2. The van der Waals surface area contributed by atoms with Crippen LogP contribution in [0.5, 0.6) is 0 Å². The van der Waals surface area contributed by atoms with E-state index in [1.807, 2.05) is 60.8 Å². The van der Waals surface area contributed by atoms with Crippen molar-refractivity contribution in [1.82, 2.24) is 15.3 Å². The number of carbonyl (C=O) groups excluding carboxylic acids is 1. The number of carboxylic acids is 1. The molecular formula is C23H20N4O3S. The fraction of sp³-hybridized carbons (Fsp3) is 0.130. The van der Waals surface area contributed by atoms with Gasteiger partial charge in [0.15, 0.2) is 0 Å². The van der Waals surface area contributed by atoms with Crippen LogP contribution in [0.25, 0.3) is 32.6 Å². The van der Waals surface area contributed by atoms with Crippen LogP contribution in [0.4, 0.5) is 10.5 Å². The number of nitrogens with zero attached hydrogens (tertiary/aromatic N) is 2. The molecule has 0 unspecified atom stereocenters. The number of fused-ring (bicyclic) bond motifs is 1. The summed E-state index contributed by atoms with van der Waals surface area (Å²) in [6, 6.07) is 14.8. The van der Waals surface area contributed by atoms with Crippen molar-refractivity contribution in [2.45, 2.75) is 13.3 Å². The van der Waals surface area contributed by atoms with Crippen LogP contribution in [0.1, 0.15) is 12.5 Å². The lowest BCUT2D eigenvalue weighted by Crippen LogP contribution is -2.28. The molecule has 3 N–H and O–H groups in total. The number of urea groups is 1. The first-order valence-electron chi connectivity index (χ1n) is 9.73. The van der Waals surface area contributed by atoms with Crippen LogP contribution in [0.3, 0.4) is 0 Å². The van der Waals surface area contributed by atoms with E-state index < -0.39 is 5.97 Å². The highest BCUT2D eigenvalue weighted by Crippen LogP contribution is 2.37. The second kappa shape index (κ2) is 8.93. The Morgan fingerprint density at radius 1 is 1.00 bits per heavy atom. The standard InChI is InChI=1S/C23H20N4O3S/c1-2-24-23(30)27-17-9-7-16(8-10-17)20-22-21(26-13-25-20)18(12-31-22)15-5-3-14(4-6-15)11-19(28)29/h3-10,12-13H,2,11H2,1H3,(H,28,29)(H2,24,27,30). The molecule has 0 radical (unpaired) electrons. The van der Waals surface area contributed by atoms with E-state index in [4.69, 9.17) is 5.11 Å². The Hall–Kier alpha value is -3.78. The Bertz CT molecular complexity index is 1230. The van der Waals surface area contributed by atoms with Gasteiger partial charge in [0.25, 0.3) is 0 Å². The summed E-state index contributed by atoms with van der Waals surface area (Å²) < 4.78 is 0.969. The van der Waals surface area contributed by atoms with Crippen LogP contribution >= 0.6 is 11.3 Å². The van der Waals surface area contributed by atoms with Crippen molar-refractivity contribution in [1.29, 1.82) is 0 Å². The predicted molar refractivity (Wildman–Crippen MR) is 122 cm³/mol. The molecule has 2 aromatic carbocycles. The molecule has 0 bridgehead atoms. The Morgan fingerprint density at radius 3 is 2.39 bits per heavy atom. The lowest BCUT2D eigenvalue weighted by Gasteiger charge is -2.07. The van der Waals surface area contributed by atoms with Crippen molar-refractivity contribution in [3.8, 4) is 22.4 Å². The number of hydrogen-bond acceptors (Lipinski definition) is 5. The molecule has 7 nitrogen and oxygen atoms in total. The van der Waals surface area contributed by atoms with Gasteiger partial charge in [0.05, 0.1) is 22.3 Å². The maximum Gasteiger partial charge on any atom is 0.319 e. The summed E-state index contributed by atoms with van der Waals surface area (Å²) in [5.74, 6) is -0.849. The van der Waals surface area contributed by atoms with Crippen LogP contribution in [0, 0.1) is 0 Å². The van der Waals surface area contributed by atoms with Crippen LogP contribution in [0.15, 0.2) is 60.2 Å². The smallest absolute Gasteiger partial charge is 0.319 e. The number of carbonyl (C=O) groups is 2. The Morgan fingerprint density at radius 2 is 1.71 bits per heavy atom. The quantitative estimate of drug-likeness (QED) is 0.406. The number of hydrogen-bond donors (Lipinski definition) is 3. The highest BCUT2D eigenvalue weighted by atomic mass is 32.1. The highest BCUT2D eigenvalue weighted by Gasteiger charge is 2.14. The number of carboxylic acid groups (broad SMARTS) is 1. The topological polar surface area (TPSA) is 104 Å². The Balaban J connectivity index is 1.63. The molecule has 0 aliphatic carbocycles. The van der Waals surface area contributed by atoms with Gasteiger partial charge in [-0.25, -0.2) is 14.8 Å². The molecule has 0 saturated heterocycles. The molecule has 156 valence electrons. The highest BCUT2D eigenvalue weighted by molar-refractivity contribution is 7.18. The van der Waals surface area contributed by atoms with Crippen LogP contribution in [-0.4, -0.2) is 33.6 Å². The number of aromatic nitrogens is 2. The number of aliphatic carboxylic acids is 1. The van der Waals surface area contributed by atoms with Gasteiger partial charge in [0.2, 0.25) is 0 Å². The molecular weight excluding hydrogens is 412 g/mol. The molecule has 4 aromatic rings. The van der Waals surface area contributed by atoms with Gasteiger partial charge in [-0.05, 0) is 30.2 Å². The number of nitrogens with one attached hydrogen (secondary N) is 2. The molecule has 2 aromatic heterocycles. The van der Waals surface area contributed by atoms with Crippen molar-refractivity contribution >= 4 is 39.2 Å².